The second-order valence-corrected chi connectivity index (χ2v) is 9.47. The molecule has 4 rings (SSSR count). The summed E-state index contributed by atoms with van der Waals surface area (Å²) >= 11 is 0. The van der Waals surface area contributed by atoms with Crippen molar-refractivity contribution in [3.8, 4) is 0 Å². The van der Waals surface area contributed by atoms with Gasteiger partial charge >= 0.3 is 0 Å². The van der Waals surface area contributed by atoms with Crippen LogP contribution in [0.1, 0.15) is 58.3 Å². The highest BCUT2D eigenvalue weighted by atomic mass is 19.3. The number of aliphatic hydroxyl groups excluding tert-OH is 1. The van der Waals surface area contributed by atoms with Gasteiger partial charge in [-0.05, 0) is 74.0 Å². The van der Waals surface area contributed by atoms with E-state index in [1.165, 1.54) is 0 Å². The molecule has 146 valence electrons. The SMILES string of the molecule is C[C@]12CC[C@H]3[C@@H](CC=C4C[C@@](O)(C(F)F)CC[C@@H]43)[C@@H]1CC[C@@H]2C(=O)CO. The molecule has 0 aliphatic heterocycles. The Morgan fingerprint density at radius 3 is 2.69 bits per heavy atom. The van der Waals surface area contributed by atoms with Crippen LogP contribution in [0.5, 0.6) is 0 Å². The highest BCUT2D eigenvalue weighted by molar-refractivity contribution is 5.83. The second kappa shape index (κ2) is 6.37. The molecular weight excluding hydrogens is 338 g/mol. The fourth-order valence-electron chi connectivity index (χ4n) is 7.14. The molecule has 4 aliphatic rings. The van der Waals surface area contributed by atoms with Gasteiger partial charge in [0.25, 0.3) is 6.43 Å². The zero-order valence-electron chi connectivity index (χ0n) is 15.5. The maximum Gasteiger partial charge on any atom is 0.267 e. The maximum absolute atomic E-state index is 13.2. The Balaban J connectivity index is 1.57. The molecule has 3 fully saturated rings. The monoisotopic (exact) mass is 368 g/mol. The van der Waals surface area contributed by atoms with Crippen LogP contribution in [-0.4, -0.2) is 34.6 Å². The van der Waals surface area contributed by atoms with Crippen LogP contribution in [0.3, 0.4) is 0 Å². The third-order valence-electron chi connectivity index (χ3n) is 8.49. The molecule has 26 heavy (non-hydrogen) atoms. The Hall–Kier alpha value is -0.810. The summed E-state index contributed by atoms with van der Waals surface area (Å²) in [6, 6.07) is 0. The van der Waals surface area contributed by atoms with E-state index in [-0.39, 0.29) is 36.6 Å². The van der Waals surface area contributed by atoms with Crippen LogP contribution in [-0.2, 0) is 4.79 Å². The van der Waals surface area contributed by atoms with Gasteiger partial charge in [-0.25, -0.2) is 8.78 Å². The van der Waals surface area contributed by atoms with Crippen molar-refractivity contribution in [2.75, 3.05) is 6.61 Å². The molecule has 0 bridgehead atoms. The smallest absolute Gasteiger partial charge is 0.267 e. The minimum absolute atomic E-state index is 0.0137. The summed E-state index contributed by atoms with van der Waals surface area (Å²) in [7, 11) is 0. The minimum Gasteiger partial charge on any atom is -0.389 e. The molecule has 0 aromatic heterocycles. The number of carbonyl (C=O) groups excluding carboxylic acids is 1. The second-order valence-electron chi connectivity index (χ2n) is 9.47. The molecule has 7 atom stereocenters. The lowest BCUT2D eigenvalue weighted by atomic mass is 9.51. The zero-order valence-corrected chi connectivity index (χ0v) is 15.5. The summed E-state index contributed by atoms with van der Waals surface area (Å²) in [5.74, 6) is 1.77. The van der Waals surface area contributed by atoms with Crippen molar-refractivity contribution in [2.24, 2.45) is 35.0 Å². The number of aliphatic hydroxyl groups is 2. The van der Waals surface area contributed by atoms with E-state index in [0.29, 0.717) is 30.1 Å². The van der Waals surface area contributed by atoms with Crippen LogP contribution in [0, 0.1) is 35.0 Å². The summed E-state index contributed by atoms with van der Waals surface area (Å²) in [5.41, 5.74) is -0.820. The number of rotatable bonds is 3. The first-order valence-corrected chi connectivity index (χ1v) is 10.1. The van der Waals surface area contributed by atoms with Gasteiger partial charge in [0, 0.05) is 12.3 Å². The lowest BCUT2D eigenvalue weighted by Crippen LogP contribution is -2.50. The van der Waals surface area contributed by atoms with Crippen molar-refractivity contribution in [2.45, 2.75) is 70.3 Å². The highest BCUT2D eigenvalue weighted by Crippen LogP contribution is 2.63. The molecule has 4 aliphatic carbocycles. The van der Waals surface area contributed by atoms with E-state index in [2.05, 4.69) is 13.0 Å². The van der Waals surface area contributed by atoms with Crippen molar-refractivity contribution < 1.29 is 23.8 Å². The number of hydrogen-bond acceptors (Lipinski definition) is 3. The quantitative estimate of drug-likeness (QED) is 0.746. The Morgan fingerprint density at radius 2 is 2.00 bits per heavy atom. The number of ketones is 1. The van der Waals surface area contributed by atoms with Crippen LogP contribution in [0.4, 0.5) is 8.78 Å². The van der Waals surface area contributed by atoms with E-state index in [1.807, 2.05) is 0 Å². The highest BCUT2D eigenvalue weighted by Gasteiger charge is 2.58. The van der Waals surface area contributed by atoms with Gasteiger partial charge in [-0.2, -0.15) is 0 Å². The summed E-state index contributed by atoms with van der Waals surface area (Å²) in [6.45, 7) is 1.87. The van der Waals surface area contributed by atoms with E-state index < -0.39 is 12.0 Å². The zero-order chi connectivity index (χ0) is 18.7. The lowest BCUT2D eigenvalue weighted by molar-refractivity contribution is -0.133. The van der Waals surface area contributed by atoms with Gasteiger partial charge in [0.2, 0.25) is 0 Å². The summed E-state index contributed by atoms with van der Waals surface area (Å²) in [4.78, 5) is 12.2. The Morgan fingerprint density at radius 1 is 1.23 bits per heavy atom. The largest absolute Gasteiger partial charge is 0.389 e. The molecule has 3 nitrogen and oxygen atoms in total. The molecule has 2 N–H and O–H groups in total. The van der Waals surface area contributed by atoms with Crippen LogP contribution >= 0.6 is 0 Å². The predicted octanol–water partition coefficient (Wildman–Crippen LogP) is 3.73. The van der Waals surface area contributed by atoms with Gasteiger partial charge in [-0.1, -0.05) is 18.6 Å². The first-order chi connectivity index (χ1) is 12.3. The van der Waals surface area contributed by atoms with E-state index in [0.717, 1.165) is 37.7 Å². The average molecular weight is 368 g/mol. The number of Topliss-reactive ketones (excluding diaryl/α,β-unsaturated/α-hetero) is 1. The molecular formula is C21H30F2O3. The van der Waals surface area contributed by atoms with E-state index in [9.17, 15) is 23.8 Å². The Labute approximate surface area is 153 Å². The molecule has 3 saturated carbocycles. The molecule has 0 amide bonds. The molecule has 0 spiro atoms. The van der Waals surface area contributed by atoms with Gasteiger partial charge < -0.3 is 10.2 Å². The number of hydrogen-bond donors (Lipinski definition) is 2. The van der Waals surface area contributed by atoms with Crippen molar-refractivity contribution >= 4 is 5.78 Å². The minimum atomic E-state index is -2.68. The molecule has 0 aromatic carbocycles. The third kappa shape index (κ3) is 2.61. The molecule has 5 heteroatoms. The average Bonchev–Trinajstić information content (AvgIpc) is 2.97. The summed E-state index contributed by atoms with van der Waals surface area (Å²) in [6.07, 6.45) is 5.20. The fraction of sp³-hybridized carbons (Fsp3) is 0.857. The van der Waals surface area contributed by atoms with E-state index >= 15 is 0 Å². The molecule has 0 unspecified atom stereocenters. The normalized spacial score (nSPS) is 47.8. The van der Waals surface area contributed by atoms with Gasteiger partial charge in [-0.15, -0.1) is 0 Å². The van der Waals surface area contributed by atoms with E-state index in [4.69, 9.17) is 0 Å². The first-order valence-electron chi connectivity index (χ1n) is 10.1. The summed E-state index contributed by atoms with van der Waals surface area (Å²) < 4.78 is 26.5. The number of allylic oxidation sites excluding steroid dienone is 1. The van der Waals surface area contributed by atoms with Crippen LogP contribution in [0.2, 0.25) is 0 Å². The van der Waals surface area contributed by atoms with Crippen LogP contribution < -0.4 is 0 Å². The van der Waals surface area contributed by atoms with Gasteiger partial charge in [0.05, 0.1) is 0 Å². The van der Waals surface area contributed by atoms with Gasteiger partial charge in [-0.3, -0.25) is 4.79 Å². The van der Waals surface area contributed by atoms with Gasteiger partial charge in [0.1, 0.15) is 12.2 Å². The molecule has 0 aromatic rings. The topological polar surface area (TPSA) is 57.5 Å². The predicted molar refractivity (Wildman–Crippen MR) is 93.6 cm³/mol. The third-order valence-corrected chi connectivity index (χ3v) is 8.49. The van der Waals surface area contributed by atoms with E-state index in [1.54, 1.807) is 0 Å². The Kier molecular flexibility index (Phi) is 4.54. The van der Waals surface area contributed by atoms with Crippen molar-refractivity contribution in [3.05, 3.63) is 11.6 Å². The fourth-order valence-corrected chi connectivity index (χ4v) is 7.14. The van der Waals surface area contributed by atoms with Crippen LogP contribution in [0.25, 0.3) is 0 Å². The van der Waals surface area contributed by atoms with Crippen molar-refractivity contribution in [1.29, 1.82) is 0 Å². The standard InChI is InChI=1S/C21H30F2O3/c1-20-8-6-14-13-7-9-21(26,19(22)23)10-12(13)2-3-15(14)16(20)4-5-17(20)18(25)11-24/h2,13-17,19,24,26H,3-11H2,1H3/t13-,14+,15+,16-,17+,20-,21+/m0/s1. The molecule has 0 radical (unpaired) electrons. The number of halogens is 2. The summed E-state index contributed by atoms with van der Waals surface area (Å²) in [5, 5.41) is 19.6. The maximum atomic E-state index is 13.2. The van der Waals surface area contributed by atoms with Gasteiger partial charge in [0.15, 0.2) is 5.78 Å². The molecule has 0 heterocycles. The first kappa shape index (κ1) is 18.5. The number of carbonyl (C=O) groups is 1. The van der Waals surface area contributed by atoms with Crippen molar-refractivity contribution in [1.82, 2.24) is 0 Å². The number of fused-ring (bicyclic) bond motifs is 5. The number of alkyl halides is 2. The lowest BCUT2D eigenvalue weighted by Gasteiger charge is -2.54. The molecule has 0 saturated heterocycles. The van der Waals surface area contributed by atoms with Crippen LogP contribution in [0.15, 0.2) is 11.6 Å². The Bertz CT molecular complexity index is 618. The van der Waals surface area contributed by atoms with Crippen molar-refractivity contribution in [3.63, 3.8) is 0 Å².